The van der Waals surface area contributed by atoms with Crippen LogP contribution < -0.4 is 0 Å². The quantitative estimate of drug-likeness (QED) is 0.536. The zero-order valence-electron chi connectivity index (χ0n) is 23.2. The summed E-state index contributed by atoms with van der Waals surface area (Å²) in [5, 5.41) is 19.5. The van der Waals surface area contributed by atoms with Crippen molar-refractivity contribution in [1.29, 1.82) is 0 Å². The van der Waals surface area contributed by atoms with E-state index in [9.17, 15) is 14.7 Å². The number of hydrogen-bond acceptors (Lipinski definition) is 6. The minimum absolute atomic E-state index is 0.00758. The number of hydrogen-bond donors (Lipinski definition) is 2. The lowest BCUT2D eigenvalue weighted by Gasteiger charge is -2.48. The summed E-state index contributed by atoms with van der Waals surface area (Å²) in [4.78, 5) is 33.7. The molecule has 3 atom stereocenters. The molecule has 0 unspecified atom stereocenters. The molecule has 39 heavy (non-hydrogen) atoms. The molecule has 5 rings (SSSR count). The Morgan fingerprint density at radius 3 is 2.38 bits per heavy atom. The number of aliphatic carboxylic acids is 1. The van der Waals surface area contributed by atoms with Crippen LogP contribution >= 0.6 is 0 Å². The fraction of sp³-hybridized carbons (Fsp3) is 0.548. The molecule has 0 radical (unpaired) electrons. The van der Waals surface area contributed by atoms with Crippen molar-refractivity contribution in [1.82, 2.24) is 19.6 Å². The third kappa shape index (κ3) is 6.80. The molecule has 2 aromatic rings. The largest absolute Gasteiger partial charge is 0.508 e. The van der Waals surface area contributed by atoms with Gasteiger partial charge in [-0.25, -0.2) is 0 Å². The Hall–Kier alpha value is -2.94. The highest BCUT2D eigenvalue weighted by molar-refractivity contribution is 5.94. The second-order valence-corrected chi connectivity index (χ2v) is 11.7. The third-order valence-electron chi connectivity index (χ3n) is 8.55. The van der Waals surface area contributed by atoms with Crippen LogP contribution in [0.4, 0.5) is 0 Å². The molecule has 1 amide bonds. The first kappa shape index (κ1) is 27.6. The maximum Gasteiger partial charge on any atom is 0.317 e. The van der Waals surface area contributed by atoms with Gasteiger partial charge in [-0.15, -0.1) is 0 Å². The van der Waals surface area contributed by atoms with Gasteiger partial charge in [-0.2, -0.15) is 0 Å². The number of amides is 1. The number of carboxylic acids is 1. The Morgan fingerprint density at radius 1 is 0.923 bits per heavy atom. The molecule has 0 aromatic heterocycles. The van der Waals surface area contributed by atoms with Crippen LogP contribution in [-0.4, -0.2) is 106 Å². The highest BCUT2D eigenvalue weighted by Gasteiger charge is 2.37. The van der Waals surface area contributed by atoms with Crippen LogP contribution in [0.3, 0.4) is 0 Å². The van der Waals surface area contributed by atoms with Gasteiger partial charge in [0, 0.05) is 63.5 Å². The highest BCUT2D eigenvalue weighted by atomic mass is 16.4. The predicted molar refractivity (Wildman–Crippen MR) is 151 cm³/mol. The number of nitrogens with zero attached hydrogens (tertiary/aromatic N) is 4. The summed E-state index contributed by atoms with van der Waals surface area (Å²) in [6.07, 6.45) is 3.45. The van der Waals surface area contributed by atoms with E-state index in [0.29, 0.717) is 43.8 Å². The fourth-order valence-electron chi connectivity index (χ4n) is 6.29. The number of aromatic hydroxyl groups is 1. The lowest BCUT2D eigenvalue weighted by molar-refractivity contribution is -0.138. The Morgan fingerprint density at radius 2 is 1.67 bits per heavy atom. The zero-order chi connectivity index (χ0) is 27.5. The lowest BCUT2D eigenvalue weighted by Crippen LogP contribution is -2.57. The minimum Gasteiger partial charge on any atom is -0.508 e. The molecule has 0 bridgehead atoms. The van der Waals surface area contributed by atoms with Crippen molar-refractivity contribution >= 4 is 11.9 Å². The Labute approximate surface area is 231 Å². The molecular formula is C31H42N4O4. The van der Waals surface area contributed by atoms with E-state index in [0.717, 1.165) is 36.6 Å². The number of carbonyl (C=O) groups is 2. The van der Waals surface area contributed by atoms with Gasteiger partial charge in [0.05, 0.1) is 12.6 Å². The monoisotopic (exact) mass is 534 g/mol. The molecule has 2 saturated heterocycles. The molecule has 0 spiro atoms. The Balaban J connectivity index is 1.39. The Bertz CT molecular complexity index is 1170. The van der Waals surface area contributed by atoms with E-state index in [1.165, 1.54) is 19.4 Å². The van der Waals surface area contributed by atoms with E-state index in [1.54, 1.807) is 6.07 Å². The summed E-state index contributed by atoms with van der Waals surface area (Å²) in [6, 6.07) is 16.1. The first-order valence-corrected chi connectivity index (χ1v) is 14.4. The molecule has 3 aliphatic rings. The van der Waals surface area contributed by atoms with E-state index in [2.05, 4.69) is 35.8 Å². The number of carboxylic acid groups (broad SMARTS) is 1. The van der Waals surface area contributed by atoms with Crippen molar-refractivity contribution in [3.05, 3.63) is 65.2 Å². The van der Waals surface area contributed by atoms with Crippen LogP contribution in [-0.2, 0) is 4.79 Å². The third-order valence-corrected chi connectivity index (χ3v) is 8.55. The number of benzene rings is 2. The standard InChI is InChI=1S/C31H42N4O4/c1-22-19-35(23(2)18-34(22)20-24-10-11-24)30(26-7-4-9-28(36)17-26)25-6-3-8-27(16-25)31(39)33-13-5-12-32(14-15-33)21-29(37)38/h3-4,6-9,16-17,22-24,30,36H,5,10-15,18-21H2,1-2H3,(H,37,38)/t22-,23+,30-/m1/s1. The first-order chi connectivity index (χ1) is 18.8. The Kier molecular flexibility index (Phi) is 8.54. The van der Waals surface area contributed by atoms with Gasteiger partial charge in [0.1, 0.15) is 5.75 Å². The van der Waals surface area contributed by atoms with Gasteiger partial charge in [-0.3, -0.25) is 24.3 Å². The van der Waals surface area contributed by atoms with Crippen LogP contribution in [0.1, 0.15) is 60.6 Å². The zero-order valence-corrected chi connectivity index (χ0v) is 23.2. The minimum atomic E-state index is -0.836. The SMILES string of the molecule is C[C@@H]1CN([C@@H](c2cccc(O)c2)c2cccc(C(=O)N3CCCN(CC(=O)O)CC3)c2)[C@@H](C)CN1CC1CC1. The number of phenolic OH excluding ortho intramolecular Hbond substituents is 1. The summed E-state index contributed by atoms with van der Waals surface area (Å²) >= 11 is 0. The summed E-state index contributed by atoms with van der Waals surface area (Å²) in [7, 11) is 0. The molecule has 210 valence electrons. The molecule has 1 aliphatic carbocycles. The van der Waals surface area contributed by atoms with Crippen molar-refractivity contribution < 1.29 is 19.8 Å². The molecule has 8 heteroatoms. The maximum atomic E-state index is 13.6. The average molecular weight is 535 g/mol. The van der Waals surface area contributed by atoms with E-state index >= 15 is 0 Å². The molecule has 2 aliphatic heterocycles. The molecular weight excluding hydrogens is 492 g/mol. The molecule has 2 aromatic carbocycles. The first-order valence-electron chi connectivity index (χ1n) is 14.4. The van der Waals surface area contributed by atoms with E-state index in [1.807, 2.05) is 40.1 Å². The van der Waals surface area contributed by atoms with E-state index in [4.69, 9.17) is 5.11 Å². The normalized spacial score (nSPS) is 24.3. The van der Waals surface area contributed by atoms with Gasteiger partial charge in [0.25, 0.3) is 5.91 Å². The van der Waals surface area contributed by atoms with Gasteiger partial charge in [0.2, 0.25) is 0 Å². The van der Waals surface area contributed by atoms with Crippen molar-refractivity contribution in [3.8, 4) is 5.75 Å². The van der Waals surface area contributed by atoms with Crippen LogP contribution in [0.5, 0.6) is 5.75 Å². The topological polar surface area (TPSA) is 87.6 Å². The summed E-state index contributed by atoms with van der Waals surface area (Å²) < 4.78 is 0. The number of piperazine rings is 1. The number of carbonyl (C=O) groups excluding carboxylic acids is 1. The predicted octanol–water partition coefficient (Wildman–Crippen LogP) is 3.52. The van der Waals surface area contributed by atoms with Gasteiger partial charge >= 0.3 is 5.97 Å². The van der Waals surface area contributed by atoms with Gasteiger partial charge in [0.15, 0.2) is 0 Å². The number of phenols is 1. The van der Waals surface area contributed by atoms with Crippen molar-refractivity contribution in [3.63, 3.8) is 0 Å². The lowest BCUT2D eigenvalue weighted by atomic mass is 9.92. The van der Waals surface area contributed by atoms with Gasteiger partial charge in [-0.1, -0.05) is 24.3 Å². The second-order valence-electron chi connectivity index (χ2n) is 11.7. The van der Waals surface area contributed by atoms with Crippen molar-refractivity contribution in [2.75, 3.05) is 52.4 Å². The number of rotatable bonds is 8. The second kappa shape index (κ2) is 12.1. The maximum absolute atomic E-state index is 13.6. The highest BCUT2D eigenvalue weighted by Crippen LogP contribution is 2.37. The van der Waals surface area contributed by atoms with Crippen molar-refractivity contribution in [2.45, 2.75) is 51.2 Å². The van der Waals surface area contributed by atoms with E-state index < -0.39 is 5.97 Å². The molecule has 3 fully saturated rings. The smallest absolute Gasteiger partial charge is 0.317 e. The summed E-state index contributed by atoms with van der Waals surface area (Å²) in [5.41, 5.74) is 2.72. The fourth-order valence-corrected chi connectivity index (χ4v) is 6.29. The van der Waals surface area contributed by atoms with Gasteiger partial charge < -0.3 is 15.1 Å². The molecule has 2 N–H and O–H groups in total. The molecule has 8 nitrogen and oxygen atoms in total. The molecule has 1 saturated carbocycles. The molecule has 2 heterocycles. The van der Waals surface area contributed by atoms with Crippen molar-refractivity contribution in [2.24, 2.45) is 5.92 Å². The van der Waals surface area contributed by atoms with Crippen LogP contribution in [0.25, 0.3) is 0 Å². The average Bonchev–Trinajstić information content (AvgIpc) is 3.74. The van der Waals surface area contributed by atoms with Gasteiger partial charge in [-0.05, 0) is 74.4 Å². The summed E-state index contributed by atoms with van der Waals surface area (Å²) in [6.45, 7) is 10.1. The van der Waals surface area contributed by atoms with Crippen LogP contribution in [0.2, 0.25) is 0 Å². The van der Waals surface area contributed by atoms with Crippen LogP contribution in [0.15, 0.2) is 48.5 Å². The van der Waals surface area contributed by atoms with Crippen LogP contribution in [0, 0.1) is 5.92 Å². The van der Waals surface area contributed by atoms with E-state index in [-0.39, 0.29) is 24.2 Å². The summed E-state index contributed by atoms with van der Waals surface area (Å²) in [5.74, 6) is 0.246.